The van der Waals surface area contributed by atoms with Gasteiger partial charge in [-0.3, -0.25) is 4.79 Å². The lowest BCUT2D eigenvalue weighted by atomic mass is 10.0. The maximum Gasteiger partial charge on any atom is 0.307 e. The summed E-state index contributed by atoms with van der Waals surface area (Å²) < 4.78 is 2.64. The molecule has 1 unspecified atom stereocenters. The van der Waals surface area contributed by atoms with Crippen LogP contribution in [-0.4, -0.2) is 4.57 Å². The maximum absolute atomic E-state index is 11.6. The fourth-order valence-electron chi connectivity index (χ4n) is 2.12. The normalized spacial score (nSPS) is 12.7. The summed E-state index contributed by atoms with van der Waals surface area (Å²) in [6.07, 6.45) is 0. The zero-order valence-electron chi connectivity index (χ0n) is 10.3. The van der Waals surface area contributed by atoms with Crippen LogP contribution in [0.1, 0.15) is 16.5 Å². The summed E-state index contributed by atoms with van der Waals surface area (Å²) in [5.74, 6) is 0. The van der Waals surface area contributed by atoms with E-state index in [0.29, 0.717) is 0 Å². The molecule has 3 aromatic rings. The van der Waals surface area contributed by atoms with Crippen molar-refractivity contribution in [3.05, 3.63) is 69.3 Å². The van der Waals surface area contributed by atoms with Crippen LogP contribution < -0.4 is 4.87 Å². The quantitative estimate of drug-likeness (QED) is 0.655. The van der Waals surface area contributed by atoms with Crippen LogP contribution in [0, 0.1) is 0 Å². The molecule has 0 aliphatic carbocycles. The number of nitrogens with zero attached hydrogens (tertiary/aromatic N) is 1. The number of halogens is 1. The van der Waals surface area contributed by atoms with Crippen LogP contribution in [0.2, 0.25) is 0 Å². The molecule has 19 heavy (non-hydrogen) atoms. The van der Waals surface area contributed by atoms with E-state index in [-0.39, 0.29) is 10.3 Å². The summed E-state index contributed by atoms with van der Waals surface area (Å²) in [6, 6.07) is 15.9. The largest absolute Gasteiger partial charge is 0.307 e. The Labute approximate surface area is 119 Å². The first-order valence-electron chi connectivity index (χ1n) is 5.95. The minimum Gasteiger partial charge on any atom is -0.302 e. The second-order valence-corrected chi connectivity index (χ2v) is 5.86. The molecule has 1 atom stereocenters. The molecule has 0 radical (unpaired) electrons. The number of thiazole rings is 1. The molecule has 0 N–H and O–H groups in total. The van der Waals surface area contributed by atoms with E-state index in [4.69, 9.17) is 11.6 Å². The zero-order valence-corrected chi connectivity index (χ0v) is 11.9. The van der Waals surface area contributed by atoms with Gasteiger partial charge in [0, 0.05) is 7.05 Å². The number of rotatable bonds is 2. The number of aryl methyl sites for hydroxylation is 1. The summed E-state index contributed by atoms with van der Waals surface area (Å²) in [5.41, 5.74) is 3.03. The molecule has 96 valence electrons. The third kappa shape index (κ3) is 2.20. The first kappa shape index (κ1) is 12.5. The highest BCUT2D eigenvalue weighted by atomic mass is 35.5. The average molecular weight is 290 g/mol. The molecule has 0 saturated heterocycles. The van der Waals surface area contributed by atoms with Gasteiger partial charge in [0.2, 0.25) is 0 Å². The number of hydrogen-bond donors (Lipinski definition) is 0. The lowest BCUT2D eigenvalue weighted by Gasteiger charge is -2.10. The van der Waals surface area contributed by atoms with E-state index < -0.39 is 0 Å². The van der Waals surface area contributed by atoms with Gasteiger partial charge in [-0.25, -0.2) is 0 Å². The van der Waals surface area contributed by atoms with Gasteiger partial charge in [0.1, 0.15) is 0 Å². The second-order valence-electron chi connectivity index (χ2n) is 4.43. The van der Waals surface area contributed by atoms with Crippen LogP contribution >= 0.6 is 22.9 Å². The Morgan fingerprint density at radius 2 is 1.84 bits per heavy atom. The van der Waals surface area contributed by atoms with E-state index in [2.05, 4.69) is 0 Å². The number of fused-ring (bicyclic) bond motifs is 1. The molecule has 2 aromatic carbocycles. The van der Waals surface area contributed by atoms with Gasteiger partial charge in [-0.2, -0.15) is 0 Å². The Morgan fingerprint density at radius 3 is 2.58 bits per heavy atom. The molecule has 0 bridgehead atoms. The molecule has 2 nitrogen and oxygen atoms in total. The predicted molar refractivity (Wildman–Crippen MR) is 81.2 cm³/mol. The molecule has 0 fully saturated rings. The Hall–Kier alpha value is -1.58. The van der Waals surface area contributed by atoms with Crippen molar-refractivity contribution in [3.63, 3.8) is 0 Å². The topological polar surface area (TPSA) is 22.0 Å². The smallest absolute Gasteiger partial charge is 0.302 e. The molecule has 1 aromatic heterocycles. The molecule has 0 aliphatic heterocycles. The van der Waals surface area contributed by atoms with Crippen molar-refractivity contribution in [1.82, 2.24) is 4.57 Å². The molecule has 0 amide bonds. The highest BCUT2D eigenvalue weighted by molar-refractivity contribution is 7.16. The number of aromatic nitrogens is 1. The highest BCUT2D eigenvalue weighted by Gasteiger charge is 2.12. The number of alkyl halides is 1. The number of hydrogen-bond acceptors (Lipinski definition) is 2. The molecule has 1 heterocycles. The van der Waals surface area contributed by atoms with E-state index in [0.717, 1.165) is 21.3 Å². The predicted octanol–water partition coefficient (Wildman–Crippen LogP) is 3.93. The third-order valence-corrected chi connectivity index (χ3v) is 4.70. The summed E-state index contributed by atoms with van der Waals surface area (Å²) in [4.78, 5) is 11.7. The van der Waals surface area contributed by atoms with Crippen LogP contribution in [0.4, 0.5) is 0 Å². The molecular weight excluding hydrogens is 278 g/mol. The van der Waals surface area contributed by atoms with Crippen LogP contribution in [0.25, 0.3) is 10.2 Å². The Bertz CT molecular complexity index is 776. The monoisotopic (exact) mass is 289 g/mol. The first-order chi connectivity index (χ1) is 9.16. The Kier molecular flexibility index (Phi) is 3.17. The number of benzene rings is 2. The van der Waals surface area contributed by atoms with Crippen molar-refractivity contribution in [3.8, 4) is 0 Å². The lowest BCUT2D eigenvalue weighted by molar-refractivity contribution is 0.938. The van der Waals surface area contributed by atoms with Gasteiger partial charge in [0.25, 0.3) is 0 Å². The molecule has 0 saturated carbocycles. The van der Waals surface area contributed by atoms with E-state index in [1.807, 2.05) is 48.5 Å². The van der Waals surface area contributed by atoms with E-state index in [9.17, 15) is 4.79 Å². The van der Waals surface area contributed by atoms with Gasteiger partial charge in [-0.1, -0.05) is 47.7 Å². The van der Waals surface area contributed by atoms with Gasteiger partial charge >= 0.3 is 4.87 Å². The molecular formula is C15H12ClNOS. The Balaban J connectivity index is 2.09. The summed E-state index contributed by atoms with van der Waals surface area (Å²) in [7, 11) is 1.79. The fraction of sp³-hybridized carbons (Fsp3) is 0.133. The van der Waals surface area contributed by atoms with E-state index >= 15 is 0 Å². The van der Waals surface area contributed by atoms with Crippen molar-refractivity contribution < 1.29 is 0 Å². The lowest BCUT2D eigenvalue weighted by Crippen LogP contribution is -2.06. The molecule has 0 spiro atoms. The highest BCUT2D eigenvalue weighted by Crippen LogP contribution is 2.31. The molecule has 0 aliphatic rings. The van der Waals surface area contributed by atoms with Gasteiger partial charge in [0.15, 0.2) is 0 Å². The average Bonchev–Trinajstić information content (AvgIpc) is 2.74. The maximum atomic E-state index is 11.6. The van der Waals surface area contributed by atoms with Crippen LogP contribution in [0.15, 0.2) is 53.3 Å². The minimum absolute atomic E-state index is 0.0537. The van der Waals surface area contributed by atoms with Crippen molar-refractivity contribution in [1.29, 1.82) is 0 Å². The van der Waals surface area contributed by atoms with Crippen molar-refractivity contribution >= 4 is 33.2 Å². The van der Waals surface area contributed by atoms with Crippen LogP contribution in [0.3, 0.4) is 0 Å². The van der Waals surface area contributed by atoms with E-state index in [1.165, 1.54) is 11.3 Å². The van der Waals surface area contributed by atoms with Crippen molar-refractivity contribution in [2.75, 3.05) is 0 Å². The molecule has 3 rings (SSSR count). The zero-order chi connectivity index (χ0) is 13.4. The summed E-state index contributed by atoms with van der Waals surface area (Å²) in [5, 5.41) is -0.187. The van der Waals surface area contributed by atoms with Crippen molar-refractivity contribution in [2.24, 2.45) is 7.05 Å². The fourth-order valence-corrected chi connectivity index (χ4v) is 3.33. The van der Waals surface area contributed by atoms with Gasteiger partial charge in [-0.15, -0.1) is 11.6 Å². The SMILES string of the molecule is Cn1c(=O)sc2cc(C(Cl)c3ccccc3)ccc21. The molecule has 4 heteroatoms. The van der Waals surface area contributed by atoms with Gasteiger partial charge < -0.3 is 4.57 Å². The van der Waals surface area contributed by atoms with Crippen molar-refractivity contribution in [2.45, 2.75) is 5.38 Å². The van der Waals surface area contributed by atoms with Gasteiger partial charge in [0.05, 0.1) is 15.6 Å². The summed E-state index contributed by atoms with van der Waals surface area (Å²) >= 11 is 7.75. The Morgan fingerprint density at radius 1 is 1.11 bits per heavy atom. The first-order valence-corrected chi connectivity index (χ1v) is 7.20. The van der Waals surface area contributed by atoms with Crippen LogP contribution in [-0.2, 0) is 7.05 Å². The van der Waals surface area contributed by atoms with Gasteiger partial charge in [-0.05, 0) is 23.3 Å². The summed E-state index contributed by atoms with van der Waals surface area (Å²) in [6.45, 7) is 0. The second kappa shape index (κ2) is 4.83. The van der Waals surface area contributed by atoms with E-state index in [1.54, 1.807) is 11.6 Å². The minimum atomic E-state index is -0.187. The van der Waals surface area contributed by atoms with Crippen LogP contribution in [0.5, 0.6) is 0 Å². The third-order valence-electron chi connectivity index (χ3n) is 3.20. The standard InChI is InChI=1S/C15H12ClNOS/c1-17-12-8-7-11(9-13(12)19-15(17)18)14(16)10-5-3-2-4-6-10/h2-9,14H,1H3.